The van der Waals surface area contributed by atoms with Gasteiger partial charge in [0, 0.05) is 18.3 Å². The van der Waals surface area contributed by atoms with E-state index in [-0.39, 0.29) is 12.5 Å². The quantitative estimate of drug-likeness (QED) is 0.600. The summed E-state index contributed by atoms with van der Waals surface area (Å²) in [5.41, 5.74) is 0.827. The number of carbonyl (C=O) groups is 1. The molecule has 0 aliphatic rings. The highest BCUT2D eigenvalue weighted by molar-refractivity contribution is 9.09. The molecule has 0 heterocycles. The topological polar surface area (TPSA) is 49.3 Å². The van der Waals surface area contributed by atoms with E-state index >= 15 is 0 Å². The highest BCUT2D eigenvalue weighted by atomic mass is 79.9. The normalized spacial score (nSPS) is 12.1. The molecule has 0 radical (unpaired) electrons. The molecule has 0 saturated heterocycles. The first-order valence-corrected chi connectivity index (χ1v) is 6.92. The van der Waals surface area contributed by atoms with Crippen molar-refractivity contribution in [2.75, 3.05) is 11.9 Å². The molecule has 1 rings (SSSR count). The number of benzene rings is 1. The maximum absolute atomic E-state index is 11.4. The Kier molecular flexibility index (Phi) is 6.89. The Morgan fingerprint density at radius 3 is 2.65 bits per heavy atom. The fourth-order valence-corrected chi connectivity index (χ4v) is 1.87. The molecule has 3 nitrogen and oxygen atoms in total. The van der Waals surface area contributed by atoms with Crippen molar-refractivity contribution in [2.24, 2.45) is 0 Å². The first-order chi connectivity index (χ1) is 8.24. The highest BCUT2D eigenvalue weighted by Gasteiger charge is 2.08. The number of rotatable bonds is 7. The Labute approximate surface area is 110 Å². The van der Waals surface area contributed by atoms with E-state index in [1.165, 1.54) is 0 Å². The minimum Gasteiger partial charge on any atom is -0.387 e. The van der Waals surface area contributed by atoms with E-state index in [9.17, 15) is 9.90 Å². The van der Waals surface area contributed by atoms with Gasteiger partial charge < -0.3 is 10.4 Å². The largest absolute Gasteiger partial charge is 0.387 e. The van der Waals surface area contributed by atoms with E-state index in [1.54, 1.807) is 0 Å². The van der Waals surface area contributed by atoms with Crippen LogP contribution in [-0.2, 0) is 4.79 Å². The van der Waals surface area contributed by atoms with Crippen LogP contribution in [0.5, 0.6) is 0 Å². The molecule has 94 valence electrons. The minimum absolute atomic E-state index is 0.000862. The van der Waals surface area contributed by atoms with Crippen molar-refractivity contribution in [1.29, 1.82) is 0 Å². The zero-order valence-corrected chi connectivity index (χ0v) is 11.3. The van der Waals surface area contributed by atoms with Gasteiger partial charge in [0.1, 0.15) is 0 Å². The summed E-state index contributed by atoms with van der Waals surface area (Å²) in [6.45, 7) is 0.275. The maximum atomic E-state index is 11.4. The second kappa shape index (κ2) is 8.25. The van der Waals surface area contributed by atoms with Crippen molar-refractivity contribution >= 4 is 21.8 Å². The van der Waals surface area contributed by atoms with Crippen LogP contribution in [0.25, 0.3) is 0 Å². The van der Waals surface area contributed by atoms with E-state index in [2.05, 4.69) is 21.2 Å². The van der Waals surface area contributed by atoms with Gasteiger partial charge in [-0.05, 0) is 18.4 Å². The SMILES string of the molecule is O=C(CCCCBr)NCC(O)c1ccccc1. The van der Waals surface area contributed by atoms with Gasteiger partial charge in [0.05, 0.1) is 6.10 Å². The van der Waals surface area contributed by atoms with Crippen molar-refractivity contribution < 1.29 is 9.90 Å². The van der Waals surface area contributed by atoms with Crippen molar-refractivity contribution in [2.45, 2.75) is 25.4 Å². The van der Waals surface area contributed by atoms with E-state index in [0.717, 1.165) is 23.7 Å². The van der Waals surface area contributed by atoms with Crippen LogP contribution in [0.1, 0.15) is 30.9 Å². The molecule has 17 heavy (non-hydrogen) atoms. The van der Waals surface area contributed by atoms with Crippen molar-refractivity contribution in [3.8, 4) is 0 Å². The summed E-state index contributed by atoms with van der Waals surface area (Å²) in [6, 6.07) is 9.34. The molecule has 1 amide bonds. The van der Waals surface area contributed by atoms with E-state index in [1.807, 2.05) is 30.3 Å². The van der Waals surface area contributed by atoms with Crippen molar-refractivity contribution in [1.82, 2.24) is 5.32 Å². The third-order valence-corrected chi connectivity index (χ3v) is 3.03. The highest BCUT2D eigenvalue weighted by Crippen LogP contribution is 2.10. The molecular weight excluding hydrogens is 282 g/mol. The molecule has 1 aromatic rings. The van der Waals surface area contributed by atoms with Crippen LogP contribution in [0.3, 0.4) is 0 Å². The number of nitrogens with one attached hydrogen (secondary N) is 1. The Hall–Kier alpha value is -0.870. The van der Waals surface area contributed by atoms with Gasteiger partial charge in [-0.1, -0.05) is 46.3 Å². The lowest BCUT2D eigenvalue weighted by molar-refractivity contribution is -0.121. The Morgan fingerprint density at radius 2 is 2.00 bits per heavy atom. The van der Waals surface area contributed by atoms with Crippen LogP contribution in [0.4, 0.5) is 0 Å². The first kappa shape index (κ1) is 14.2. The van der Waals surface area contributed by atoms with Crippen LogP contribution < -0.4 is 5.32 Å². The fraction of sp³-hybridized carbons (Fsp3) is 0.462. The van der Waals surface area contributed by atoms with Gasteiger partial charge in [0.15, 0.2) is 0 Å². The second-order valence-corrected chi connectivity index (χ2v) is 4.67. The smallest absolute Gasteiger partial charge is 0.220 e. The number of alkyl halides is 1. The summed E-state index contributed by atoms with van der Waals surface area (Å²) >= 11 is 3.32. The Balaban J connectivity index is 2.24. The van der Waals surface area contributed by atoms with Gasteiger partial charge in [-0.3, -0.25) is 4.79 Å². The molecule has 1 atom stereocenters. The zero-order valence-electron chi connectivity index (χ0n) is 9.73. The number of aliphatic hydroxyl groups excluding tert-OH is 1. The lowest BCUT2D eigenvalue weighted by Gasteiger charge is -2.12. The molecule has 0 fully saturated rings. The molecule has 1 unspecified atom stereocenters. The molecule has 2 N–H and O–H groups in total. The summed E-state index contributed by atoms with van der Waals surface area (Å²) in [5.74, 6) is 0.000862. The van der Waals surface area contributed by atoms with Gasteiger partial charge in [-0.2, -0.15) is 0 Å². The van der Waals surface area contributed by atoms with Gasteiger partial charge in [-0.15, -0.1) is 0 Å². The average Bonchev–Trinajstić information content (AvgIpc) is 2.37. The lowest BCUT2D eigenvalue weighted by atomic mass is 10.1. The predicted octanol–water partition coefficient (Wildman–Crippen LogP) is 2.40. The van der Waals surface area contributed by atoms with Crippen molar-refractivity contribution in [3.05, 3.63) is 35.9 Å². The molecule has 0 aliphatic carbocycles. The first-order valence-electron chi connectivity index (χ1n) is 5.79. The summed E-state index contributed by atoms with van der Waals surface area (Å²) in [7, 11) is 0. The van der Waals surface area contributed by atoms with Crippen LogP contribution in [0.2, 0.25) is 0 Å². The molecule has 0 aromatic heterocycles. The number of unbranched alkanes of at least 4 members (excludes halogenated alkanes) is 1. The number of carbonyl (C=O) groups excluding carboxylic acids is 1. The number of hydrogen-bond donors (Lipinski definition) is 2. The lowest BCUT2D eigenvalue weighted by Crippen LogP contribution is -2.28. The number of amides is 1. The van der Waals surface area contributed by atoms with Gasteiger partial charge >= 0.3 is 0 Å². The predicted molar refractivity (Wildman–Crippen MR) is 72.1 cm³/mol. The third kappa shape index (κ3) is 5.84. The zero-order chi connectivity index (χ0) is 12.5. The van der Waals surface area contributed by atoms with E-state index in [0.29, 0.717) is 6.42 Å². The average molecular weight is 300 g/mol. The molecule has 4 heteroatoms. The summed E-state index contributed by atoms with van der Waals surface area (Å²) < 4.78 is 0. The summed E-state index contributed by atoms with van der Waals surface area (Å²) in [6.07, 6.45) is 1.76. The molecular formula is C13H18BrNO2. The number of hydrogen-bond acceptors (Lipinski definition) is 2. The molecule has 0 saturated carbocycles. The van der Waals surface area contributed by atoms with Gasteiger partial charge in [0.2, 0.25) is 5.91 Å². The van der Waals surface area contributed by atoms with E-state index < -0.39 is 6.10 Å². The standard InChI is InChI=1S/C13H18BrNO2/c14-9-5-4-8-13(17)15-10-12(16)11-6-2-1-3-7-11/h1-3,6-7,12,16H,4-5,8-10H2,(H,15,17). The Bertz CT molecular complexity index is 329. The monoisotopic (exact) mass is 299 g/mol. The molecule has 1 aromatic carbocycles. The summed E-state index contributed by atoms with van der Waals surface area (Å²) in [5, 5.41) is 13.5. The molecule has 0 aliphatic heterocycles. The fourth-order valence-electron chi connectivity index (χ4n) is 1.47. The van der Waals surface area contributed by atoms with Crippen LogP contribution in [-0.4, -0.2) is 22.9 Å². The molecule has 0 bridgehead atoms. The second-order valence-electron chi connectivity index (χ2n) is 3.88. The van der Waals surface area contributed by atoms with Crippen LogP contribution >= 0.6 is 15.9 Å². The molecule has 0 spiro atoms. The van der Waals surface area contributed by atoms with Gasteiger partial charge in [0.25, 0.3) is 0 Å². The van der Waals surface area contributed by atoms with Crippen LogP contribution in [0, 0.1) is 0 Å². The third-order valence-electron chi connectivity index (χ3n) is 2.46. The van der Waals surface area contributed by atoms with Crippen LogP contribution in [0.15, 0.2) is 30.3 Å². The number of aliphatic hydroxyl groups is 1. The minimum atomic E-state index is -0.628. The van der Waals surface area contributed by atoms with E-state index in [4.69, 9.17) is 0 Å². The van der Waals surface area contributed by atoms with Crippen molar-refractivity contribution in [3.63, 3.8) is 0 Å². The maximum Gasteiger partial charge on any atom is 0.220 e. The van der Waals surface area contributed by atoms with Gasteiger partial charge in [-0.25, -0.2) is 0 Å². The number of halogens is 1. The summed E-state index contributed by atoms with van der Waals surface area (Å²) in [4.78, 5) is 11.4. The Morgan fingerprint density at radius 1 is 1.29 bits per heavy atom.